The van der Waals surface area contributed by atoms with E-state index in [1.165, 1.54) is 52.2 Å². The van der Waals surface area contributed by atoms with Crippen LogP contribution >= 0.6 is 34.9 Å². The number of amides is 1. The van der Waals surface area contributed by atoms with Crippen molar-refractivity contribution in [3.8, 4) is 0 Å². The van der Waals surface area contributed by atoms with Gasteiger partial charge in [0, 0.05) is 17.3 Å². The van der Waals surface area contributed by atoms with E-state index in [1.807, 2.05) is 18.4 Å². The van der Waals surface area contributed by atoms with Gasteiger partial charge in [0.2, 0.25) is 5.91 Å². The van der Waals surface area contributed by atoms with Crippen LogP contribution in [0.25, 0.3) is 20.4 Å². The lowest BCUT2D eigenvalue weighted by molar-refractivity contribution is -0.113. The minimum Gasteiger partial charge on any atom is -0.310 e. The lowest BCUT2D eigenvalue weighted by Crippen LogP contribution is -2.14. The van der Waals surface area contributed by atoms with Gasteiger partial charge in [0.05, 0.1) is 16.0 Å². The van der Waals surface area contributed by atoms with Crippen molar-refractivity contribution >= 4 is 67.0 Å². The number of nitrogens with zero attached hydrogens (tertiary/aromatic N) is 4. The van der Waals surface area contributed by atoms with Gasteiger partial charge < -0.3 is 5.32 Å². The van der Waals surface area contributed by atoms with Crippen LogP contribution in [0.5, 0.6) is 0 Å². The molecular formula is C23H23N5OS3. The molecule has 0 saturated heterocycles. The van der Waals surface area contributed by atoms with Gasteiger partial charge in [-0.2, -0.15) is 0 Å². The van der Waals surface area contributed by atoms with Crippen LogP contribution < -0.4 is 5.32 Å². The van der Waals surface area contributed by atoms with Crippen molar-refractivity contribution in [2.24, 2.45) is 0 Å². The second kappa shape index (κ2) is 8.96. The minimum atomic E-state index is -0.103. The Labute approximate surface area is 199 Å². The molecule has 4 aromatic heterocycles. The SMILES string of the molecule is CSc1nc(SCC(=O)Nc2ccccn2)c2sc3nc(C(C)C)c4c(c3c2n1)CCC4. The minimum absolute atomic E-state index is 0.103. The number of aromatic nitrogens is 4. The number of nitrogens with one attached hydrogen (secondary N) is 1. The summed E-state index contributed by atoms with van der Waals surface area (Å²) in [6.45, 7) is 4.43. The second-order valence-corrected chi connectivity index (χ2v) is 10.7. The fraction of sp³-hybridized carbons (Fsp3) is 0.348. The molecule has 1 amide bonds. The summed E-state index contributed by atoms with van der Waals surface area (Å²) in [7, 11) is 0. The third kappa shape index (κ3) is 3.97. The molecule has 0 bridgehead atoms. The molecule has 164 valence electrons. The number of pyridine rings is 2. The Kier molecular flexibility index (Phi) is 6.05. The fourth-order valence-electron chi connectivity index (χ4n) is 4.17. The van der Waals surface area contributed by atoms with E-state index in [2.05, 4.69) is 24.1 Å². The largest absolute Gasteiger partial charge is 0.310 e. The van der Waals surface area contributed by atoms with Gasteiger partial charge in [0.25, 0.3) is 0 Å². The van der Waals surface area contributed by atoms with Crippen LogP contribution in [0.2, 0.25) is 0 Å². The van der Waals surface area contributed by atoms with Gasteiger partial charge in [0.1, 0.15) is 15.7 Å². The molecule has 1 N–H and O–H groups in total. The number of carbonyl (C=O) groups excluding carboxylic acids is 1. The summed E-state index contributed by atoms with van der Waals surface area (Å²) in [6, 6.07) is 5.45. The zero-order chi connectivity index (χ0) is 22.2. The number of aryl methyl sites for hydroxylation is 1. The predicted molar refractivity (Wildman–Crippen MR) is 134 cm³/mol. The van der Waals surface area contributed by atoms with Gasteiger partial charge in [-0.25, -0.2) is 19.9 Å². The van der Waals surface area contributed by atoms with Gasteiger partial charge in [-0.05, 0) is 54.7 Å². The van der Waals surface area contributed by atoms with Crippen molar-refractivity contribution in [1.82, 2.24) is 19.9 Å². The molecular weight excluding hydrogens is 458 g/mol. The highest BCUT2D eigenvalue weighted by molar-refractivity contribution is 8.00. The summed E-state index contributed by atoms with van der Waals surface area (Å²) in [4.78, 5) is 32.4. The van der Waals surface area contributed by atoms with E-state index in [4.69, 9.17) is 15.0 Å². The summed E-state index contributed by atoms with van der Waals surface area (Å²) in [6.07, 6.45) is 6.99. The normalized spacial score (nSPS) is 13.2. The topological polar surface area (TPSA) is 80.7 Å². The van der Waals surface area contributed by atoms with Crippen LogP contribution in [0.4, 0.5) is 5.82 Å². The van der Waals surface area contributed by atoms with Gasteiger partial charge in [-0.1, -0.05) is 43.4 Å². The van der Waals surface area contributed by atoms with Crippen molar-refractivity contribution < 1.29 is 4.79 Å². The fourth-order valence-corrected chi connectivity index (χ4v) is 6.65. The quantitative estimate of drug-likeness (QED) is 0.215. The Morgan fingerprint density at radius 2 is 2.03 bits per heavy atom. The highest BCUT2D eigenvalue weighted by Crippen LogP contribution is 2.43. The van der Waals surface area contributed by atoms with Gasteiger partial charge in [-0.3, -0.25) is 4.79 Å². The monoisotopic (exact) mass is 481 g/mol. The molecule has 6 nitrogen and oxygen atoms in total. The summed E-state index contributed by atoms with van der Waals surface area (Å²) < 4.78 is 1.02. The van der Waals surface area contributed by atoms with Crippen LogP contribution in [-0.2, 0) is 17.6 Å². The molecule has 32 heavy (non-hydrogen) atoms. The van der Waals surface area contributed by atoms with Crippen molar-refractivity contribution in [3.05, 3.63) is 41.2 Å². The molecule has 0 fully saturated rings. The molecule has 1 aliphatic carbocycles. The first kappa shape index (κ1) is 21.6. The zero-order valence-electron chi connectivity index (χ0n) is 18.1. The van der Waals surface area contributed by atoms with E-state index in [0.29, 0.717) is 11.7 Å². The maximum atomic E-state index is 12.5. The van der Waals surface area contributed by atoms with Gasteiger partial charge in [-0.15, -0.1) is 11.3 Å². The Morgan fingerprint density at radius 1 is 1.19 bits per heavy atom. The number of thioether (sulfide) groups is 2. The van der Waals surface area contributed by atoms with E-state index in [0.717, 1.165) is 38.1 Å². The van der Waals surface area contributed by atoms with Gasteiger partial charge >= 0.3 is 0 Å². The highest BCUT2D eigenvalue weighted by Gasteiger charge is 2.26. The molecule has 0 aliphatic heterocycles. The zero-order valence-corrected chi connectivity index (χ0v) is 20.6. The maximum absolute atomic E-state index is 12.5. The van der Waals surface area contributed by atoms with Crippen LogP contribution in [0.15, 0.2) is 34.6 Å². The van der Waals surface area contributed by atoms with Gasteiger partial charge in [0.15, 0.2) is 5.16 Å². The summed E-state index contributed by atoms with van der Waals surface area (Å²) >= 11 is 4.62. The number of carbonyl (C=O) groups is 1. The van der Waals surface area contributed by atoms with E-state index in [9.17, 15) is 4.79 Å². The number of hydrogen-bond donors (Lipinski definition) is 1. The number of rotatable bonds is 6. The molecule has 0 radical (unpaired) electrons. The summed E-state index contributed by atoms with van der Waals surface area (Å²) in [5.74, 6) is 1.11. The Morgan fingerprint density at radius 3 is 2.78 bits per heavy atom. The van der Waals surface area contributed by atoms with Crippen molar-refractivity contribution in [3.63, 3.8) is 0 Å². The average molecular weight is 482 g/mol. The van der Waals surface area contributed by atoms with Crippen LogP contribution in [0, 0.1) is 0 Å². The number of anilines is 1. The van der Waals surface area contributed by atoms with E-state index >= 15 is 0 Å². The molecule has 0 atom stereocenters. The van der Waals surface area contributed by atoms with E-state index < -0.39 is 0 Å². The predicted octanol–water partition coefficient (Wildman–Crippen LogP) is 5.70. The van der Waals surface area contributed by atoms with E-state index in [-0.39, 0.29) is 11.7 Å². The van der Waals surface area contributed by atoms with Crippen molar-refractivity contribution in [2.75, 3.05) is 17.3 Å². The van der Waals surface area contributed by atoms with E-state index in [1.54, 1.807) is 23.6 Å². The second-order valence-electron chi connectivity index (χ2n) is 7.99. The number of fused-ring (bicyclic) bond motifs is 5. The number of hydrogen-bond acceptors (Lipinski definition) is 8. The van der Waals surface area contributed by atoms with Crippen LogP contribution in [0.3, 0.4) is 0 Å². The highest BCUT2D eigenvalue weighted by atomic mass is 32.2. The lowest BCUT2D eigenvalue weighted by atomic mass is 9.99. The molecule has 0 spiro atoms. The first-order valence-electron chi connectivity index (χ1n) is 10.6. The molecule has 5 rings (SSSR count). The Bertz CT molecular complexity index is 1320. The summed E-state index contributed by atoms with van der Waals surface area (Å²) in [5.41, 5.74) is 5.04. The van der Waals surface area contributed by atoms with Crippen LogP contribution in [-0.4, -0.2) is 37.9 Å². The molecule has 0 aromatic carbocycles. The first-order valence-corrected chi connectivity index (χ1v) is 13.6. The third-order valence-corrected chi connectivity index (χ3v) is 8.25. The third-order valence-electron chi connectivity index (χ3n) is 5.52. The smallest absolute Gasteiger partial charge is 0.235 e. The Balaban J connectivity index is 1.55. The number of thiophene rings is 1. The Hall–Kier alpha value is -2.23. The van der Waals surface area contributed by atoms with Crippen molar-refractivity contribution in [2.45, 2.75) is 49.2 Å². The molecule has 0 saturated carbocycles. The lowest BCUT2D eigenvalue weighted by Gasteiger charge is -2.12. The average Bonchev–Trinajstić information content (AvgIpc) is 3.41. The molecule has 1 aliphatic rings. The standard InChI is InChI=1S/C23H23N5OS3/c1-12(2)18-14-8-6-7-13(14)17-19-20(32-21(17)26-18)22(28-23(27-19)30-3)31-11-16(29)25-15-9-4-5-10-24-15/h4-5,9-10,12H,6-8,11H2,1-3H3,(H,24,25,29). The summed E-state index contributed by atoms with van der Waals surface area (Å²) in [5, 5.41) is 5.61. The molecule has 0 unspecified atom stereocenters. The molecule has 9 heteroatoms. The van der Waals surface area contributed by atoms with Crippen molar-refractivity contribution in [1.29, 1.82) is 0 Å². The maximum Gasteiger partial charge on any atom is 0.235 e. The first-order chi connectivity index (χ1) is 15.5. The molecule has 4 heterocycles. The molecule has 4 aromatic rings. The van der Waals surface area contributed by atoms with Crippen LogP contribution in [0.1, 0.15) is 43.0 Å².